The summed E-state index contributed by atoms with van der Waals surface area (Å²) >= 11 is 3.35. The zero-order valence-corrected chi connectivity index (χ0v) is 10.6. The Morgan fingerprint density at radius 2 is 1.76 bits per heavy atom. The van der Waals surface area contributed by atoms with Gasteiger partial charge in [-0.3, -0.25) is 0 Å². The molecule has 4 heteroatoms. The highest BCUT2D eigenvalue weighted by atomic mass is 79.9. The lowest BCUT2D eigenvalue weighted by molar-refractivity contribution is 0.140. The Labute approximate surface area is 108 Å². The first-order chi connectivity index (χ1) is 8.22. The molecule has 0 aliphatic carbocycles. The lowest BCUT2D eigenvalue weighted by atomic mass is 9.99. The predicted octanol–water partition coefficient (Wildman–Crippen LogP) is 3.22. The van der Waals surface area contributed by atoms with Gasteiger partial charge in [0, 0.05) is 10.0 Å². The normalized spacial score (nSPS) is 12.4. The molecule has 2 aromatic rings. The van der Waals surface area contributed by atoms with E-state index in [-0.39, 0.29) is 5.75 Å². The maximum absolute atomic E-state index is 9.83. The van der Waals surface area contributed by atoms with E-state index in [1.807, 2.05) is 30.3 Å². The van der Waals surface area contributed by atoms with Crippen LogP contribution in [-0.2, 0) is 0 Å². The second kappa shape index (κ2) is 5.31. The number of hydroxylamine groups is 1. The first-order valence-corrected chi connectivity index (χ1v) is 5.94. The van der Waals surface area contributed by atoms with Crippen LogP contribution in [0.5, 0.6) is 5.75 Å². The van der Waals surface area contributed by atoms with Crippen molar-refractivity contribution in [2.75, 3.05) is 0 Å². The molecule has 0 spiro atoms. The fourth-order valence-corrected chi connectivity index (χ4v) is 2.10. The first-order valence-electron chi connectivity index (χ1n) is 5.15. The van der Waals surface area contributed by atoms with Gasteiger partial charge >= 0.3 is 0 Å². The monoisotopic (exact) mass is 293 g/mol. The number of rotatable bonds is 3. The van der Waals surface area contributed by atoms with Crippen LogP contribution < -0.4 is 5.48 Å². The molecule has 1 unspecified atom stereocenters. The zero-order chi connectivity index (χ0) is 12.3. The summed E-state index contributed by atoms with van der Waals surface area (Å²) in [5.41, 5.74) is 3.72. The van der Waals surface area contributed by atoms with Crippen LogP contribution >= 0.6 is 15.9 Å². The van der Waals surface area contributed by atoms with Gasteiger partial charge in [-0.2, -0.15) is 5.48 Å². The zero-order valence-electron chi connectivity index (χ0n) is 8.97. The van der Waals surface area contributed by atoms with E-state index in [4.69, 9.17) is 0 Å². The highest BCUT2D eigenvalue weighted by Crippen LogP contribution is 2.31. The van der Waals surface area contributed by atoms with E-state index < -0.39 is 6.04 Å². The summed E-state index contributed by atoms with van der Waals surface area (Å²) in [6.07, 6.45) is 0. The molecule has 88 valence electrons. The number of nitrogens with one attached hydrogen (secondary N) is 1. The standard InChI is InChI=1S/C13H12BrNO2/c14-10-6-7-12(16)11(8-10)13(15-17)9-4-2-1-3-5-9/h1-8,13,15-17H. The number of hydrogen-bond acceptors (Lipinski definition) is 3. The van der Waals surface area contributed by atoms with Gasteiger partial charge in [0.25, 0.3) is 0 Å². The molecule has 0 heterocycles. The molecule has 0 bridgehead atoms. The summed E-state index contributed by atoms with van der Waals surface area (Å²) in [5.74, 6) is 0.142. The maximum atomic E-state index is 9.83. The van der Waals surface area contributed by atoms with Crippen LogP contribution in [0.15, 0.2) is 53.0 Å². The van der Waals surface area contributed by atoms with Gasteiger partial charge < -0.3 is 10.3 Å². The van der Waals surface area contributed by atoms with Gasteiger partial charge in [0.15, 0.2) is 0 Å². The van der Waals surface area contributed by atoms with E-state index >= 15 is 0 Å². The lowest BCUT2D eigenvalue weighted by Gasteiger charge is -2.17. The molecule has 2 rings (SSSR count). The molecule has 17 heavy (non-hydrogen) atoms. The summed E-state index contributed by atoms with van der Waals surface area (Å²) in [6.45, 7) is 0. The molecule has 0 fully saturated rings. The first kappa shape index (κ1) is 12.1. The lowest BCUT2D eigenvalue weighted by Crippen LogP contribution is -2.18. The minimum atomic E-state index is -0.450. The summed E-state index contributed by atoms with van der Waals surface area (Å²) < 4.78 is 0.849. The Bertz CT molecular complexity index is 502. The highest BCUT2D eigenvalue weighted by Gasteiger charge is 2.16. The van der Waals surface area contributed by atoms with Crippen LogP contribution in [0.1, 0.15) is 17.2 Å². The Kier molecular flexibility index (Phi) is 3.78. The minimum absolute atomic E-state index is 0.142. The highest BCUT2D eigenvalue weighted by molar-refractivity contribution is 9.10. The van der Waals surface area contributed by atoms with Crippen LogP contribution in [0.4, 0.5) is 0 Å². The number of phenols is 1. The predicted molar refractivity (Wildman–Crippen MR) is 69.0 cm³/mol. The molecule has 0 saturated heterocycles. The fraction of sp³-hybridized carbons (Fsp3) is 0.0769. The van der Waals surface area contributed by atoms with Crippen molar-refractivity contribution < 1.29 is 10.3 Å². The van der Waals surface area contributed by atoms with Crippen LogP contribution in [0.25, 0.3) is 0 Å². The molecule has 0 aliphatic heterocycles. The van der Waals surface area contributed by atoms with Crippen LogP contribution in [0.3, 0.4) is 0 Å². The van der Waals surface area contributed by atoms with E-state index in [0.29, 0.717) is 5.56 Å². The van der Waals surface area contributed by atoms with Gasteiger partial charge in [0.2, 0.25) is 0 Å². The van der Waals surface area contributed by atoms with Gasteiger partial charge in [-0.15, -0.1) is 0 Å². The minimum Gasteiger partial charge on any atom is -0.508 e. The van der Waals surface area contributed by atoms with Crippen molar-refractivity contribution >= 4 is 15.9 Å². The fourth-order valence-electron chi connectivity index (χ4n) is 1.73. The van der Waals surface area contributed by atoms with Crippen molar-refractivity contribution in [3.8, 4) is 5.75 Å². The number of halogens is 1. The van der Waals surface area contributed by atoms with Gasteiger partial charge in [-0.05, 0) is 23.8 Å². The average Bonchev–Trinajstić information content (AvgIpc) is 2.36. The number of hydrogen-bond donors (Lipinski definition) is 3. The largest absolute Gasteiger partial charge is 0.508 e. The van der Waals surface area contributed by atoms with Crippen molar-refractivity contribution in [2.24, 2.45) is 0 Å². The smallest absolute Gasteiger partial charge is 0.120 e. The van der Waals surface area contributed by atoms with Crippen molar-refractivity contribution in [3.05, 3.63) is 64.1 Å². The summed E-state index contributed by atoms with van der Waals surface area (Å²) in [4.78, 5) is 0. The van der Waals surface area contributed by atoms with Gasteiger partial charge in [-0.25, -0.2) is 0 Å². The molecular weight excluding hydrogens is 282 g/mol. The Morgan fingerprint density at radius 1 is 1.06 bits per heavy atom. The third-order valence-corrected chi connectivity index (χ3v) is 3.06. The molecule has 2 aromatic carbocycles. The van der Waals surface area contributed by atoms with Crippen molar-refractivity contribution in [1.29, 1.82) is 0 Å². The molecule has 0 radical (unpaired) electrons. The number of aromatic hydroxyl groups is 1. The molecular formula is C13H12BrNO2. The molecule has 0 saturated carbocycles. The molecule has 1 atom stereocenters. The van der Waals surface area contributed by atoms with Crippen molar-refractivity contribution in [2.45, 2.75) is 6.04 Å². The summed E-state index contributed by atoms with van der Waals surface area (Å²) in [7, 11) is 0. The van der Waals surface area contributed by atoms with Gasteiger partial charge in [0.05, 0.1) is 6.04 Å². The van der Waals surface area contributed by atoms with E-state index in [1.54, 1.807) is 18.2 Å². The molecule has 0 aliphatic rings. The summed E-state index contributed by atoms with van der Waals surface area (Å²) in [5, 5.41) is 19.1. The van der Waals surface area contributed by atoms with Gasteiger partial charge in [0.1, 0.15) is 5.75 Å². The van der Waals surface area contributed by atoms with E-state index in [2.05, 4.69) is 21.4 Å². The second-order valence-electron chi connectivity index (χ2n) is 3.68. The van der Waals surface area contributed by atoms with E-state index in [1.165, 1.54) is 0 Å². The summed E-state index contributed by atoms with van der Waals surface area (Å²) in [6, 6.07) is 14.1. The number of phenolic OH excluding ortho intramolecular Hbond substituents is 1. The van der Waals surface area contributed by atoms with Crippen molar-refractivity contribution in [3.63, 3.8) is 0 Å². The Balaban J connectivity index is 2.46. The quantitative estimate of drug-likeness (QED) is 0.762. The van der Waals surface area contributed by atoms with Gasteiger partial charge in [-0.1, -0.05) is 46.3 Å². The van der Waals surface area contributed by atoms with Crippen LogP contribution in [0, 0.1) is 0 Å². The molecule has 0 amide bonds. The molecule has 3 nitrogen and oxygen atoms in total. The Hall–Kier alpha value is -1.36. The molecule has 3 N–H and O–H groups in total. The molecule has 0 aromatic heterocycles. The number of benzene rings is 2. The third-order valence-electron chi connectivity index (χ3n) is 2.56. The van der Waals surface area contributed by atoms with Crippen LogP contribution in [0.2, 0.25) is 0 Å². The average molecular weight is 294 g/mol. The maximum Gasteiger partial charge on any atom is 0.120 e. The third kappa shape index (κ3) is 2.66. The van der Waals surface area contributed by atoms with E-state index in [0.717, 1.165) is 10.0 Å². The van der Waals surface area contributed by atoms with E-state index in [9.17, 15) is 10.3 Å². The topological polar surface area (TPSA) is 52.5 Å². The Morgan fingerprint density at radius 3 is 2.41 bits per heavy atom. The van der Waals surface area contributed by atoms with Crippen molar-refractivity contribution in [1.82, 2.24) is 5.48 Å². The van der Waals surface area contributed by atoms with Crippen LogP contribution in [-0.4, -0.2) is 10.3 Å². The second-order valence-corrected chi connectivity index (χ2v) is 4.59. The SMILES string of the molecule is ONC(c1ccccc1)c1cc(Br)ccc1O.